The largest absolute Gasteiger partial charge is 0.504 e. The number of nitriles is 1. The predicted octanol–water partition coefficient (Wildman–Crippen LogP) is 2.30. The summed E-state index contributed by atoms with van der Waals surface area (Å²) >= 11 is 0. The van der Waals surface area contributed by atoms with Gasteiger partial charge in [0.05, 0.1) is 16.6 Å². The molecule has 0 heterocycles. The van der Waals surface area contributed by atoms with Crippen LogP contribution in [0.3, 0.4) is 0 Å². The van der Waals surface area contributed by atoms with E-state index >= 15 is 0 Å². The van der Waals surface area contributed by atoms with E-state index in [0.717, 1.165) is 12.1 Å². The van der Waals surface area contributed by atoms with Crippen molar-refractivity contribution in [2.24, 2.45) is 0 Å². The lowest BCUT2D eigenvalue weighted by atomic mass is 10.0. The third kappa shape index (κ3) is 3.02. The van der Waals surface area contributed by atoms with Gasteiger partial charge in [-0.15, -0.1) is 0 Å². The third-order valence-electron chi connectivity index (χ3n) is 3.01. The average Bonchev–Trinajstić information content (AvgIpc) is 2.49. The maximum atomic E-state index is 12.2. The van der Waals surface area contributed by atoms with Crippen molar-refractivity contribution in [3.05, 3.63) is 63.2 Å². The van der Waals surface area contributed by atoms with Crippen LogP contribution in [0, 0.1) is 21.4 Å². The summed E-state index contributed by atoms with van der Waals surface area (Å²) in [7, 11) is 0. The van der Waals surface area contributed by atoms with E-state index in [2.05, 4.69) is 0 Å². The van der Waals surface area contributed by atoms with Crippen molar-refractivity contribution in [1.82, 2.24) is 0 Å². The Bertz CT molecular complexity index is 808. The van der Waals surface area contributed by atoms with Gasteiger partial charge < -0.3 is 10.2 Å². The molecule has 0 aliphatic rings. The number of hydrogen-bond donors (Lipinski definition) is 2. The van der Waals surface area contributed by atoms with Crippen molar-refractivity contribution >= 4 is 11.5 Å². The van der Waals surface area contributed by atoms with Crippen molar-refractivity contribution < 1.29 is 19.9 Å². The van der Waals surface area contributed by atoms with Crippen LogP contribution in [0.4, 0.5) is 5.69 Å². The van der Waals surface area contributed by atoms with Gasteiger partial charge in [-0.05, 0) is 23.8 Å². The first-order valence-corrected chi connectivity index (χ1v) is 6.15. The third-order valence-corrected chi connectivity index (χ3v) is 3.01. The molecule has 2 aromatic rings. The molecule has 7 heteroatoms. The second-order valence-corrected chi connectivity index (χ2v) is 4.53. The number of nitro benzene ring substituents is 1. The summed E-state index contributed by atoms with van der Waals surface area (Å²) in [5.74, 6) is -2.09. The molecule has 0 spiro atoms. The first-order valence-electron chi connectivity index (χ1n) is 6.15. The lowest BCUT2D eigenvalue weighted by Crippen LogP contribution is -2.04. The van der Waals surface area contributed by atoms with Gasteiger partial charge in [0.25, 0.3) is 0 Å². The number of ketones is 1. The van der Waals surface area contributed by atoms with Crippen molar-refractivity contribution in [2.75, 3.05) is 0 Å². The number of rotatable bonds is 4. The van der Waals surface area contributed by atoms with Gasteiger partial charge in [0.15, 0.2) is 11.5 Å². The number of hydrogen-bond acceptors (Lipinski definition) is 6. The highest BCUT2D eigenvalue weighted by Crippen LogP contribution is 2.36. The zero-order valence-electron chi connectivity index (χ0n) is 11.2. The molecule has 2 aromatic carbocycles. The number of nitrogens with zero attached hydrogens (tertiary/aromatic N) is 2. The molecule has 110 valence electrons. The highest BCUT2D eigenvalue weighted by molar-refractivity contribution is 5.99. The molecule has 7 nitrogen and oxygen atoms in total. The number of carbonyl (C=O) groups excluding carboxylic acids is 1. The van der Waals surface area contributed by atoms with E-state index in [9.17, 15) is 25.1 Å². The molecule has 0 bridgehead atoms. The van der Waals surface area contributed by atoms with Crippen LogP contribution in [0.2, 0.25) is 0 Å². The zero-order valence-corrected chi connectivity index (χ0v) is 11.2. The fourth-order valence-electron chi connectivity index (χ4n) is 1.94. The van der Waals surface area contributed by atoms with Gasteiger partial charge in [0.1, 0.15) is 0 Å². The number of phenolic OH excluding ortho intramolecular Hbond substituents is 2. The van der Waals surface area contributed by atoms with Gasteiger partial charge in [-0.2, -0.15) is 5.26 Å². The number of benzene rings is 2. The molecule has 2 rings (SSSR count). The normalized spacial score (nSPS) is 9.95. The summed E-state index contributed by atoms with van der Waals surface area (Å²) < 4.78 is 0. The summed E-state index contributed by atoms with van der Waals surface area (Å²) in [6, 6.07) is 10.2. The SMILES string of the molecule is N#Cc1cccc(CC(=O)c2cc(O)c(O)c([N+](=O)[O-])c2)c1. The van der Waals surface area contributed by atoms with Gasteiger partial charge >= 0.3 is 5.69 Å². The molecule has 2 N–H and O–H groups in total. The standard InChI is InChI=1S/C15H10N2O5/c16-8-10-3-1-2-9(4-10)5-13(18)11-6-12(17(21)22)15(20)14(19)7-11/h1-4,6-7,19-20H,5H2. The fourth-order valence-corrected chi connectivity index (χ4v) is 1.94. The summed E-state index contributed by atoms with van der Waals surface area (Å²) in [5.41, 5.74) is 0.127. The Hall–Kier alpha value is -3.40. The molecule has 0 aromatic heterocycles. The molecule has 0 atom stereocenters. The lowest BCUT2D eigenvalue weighted by Gasteiger charge is -2.05. The summed E-state index contributed by atoms with van der Waals surface area (Å²) in [5, 5.41) is 38.5. The maximum absolute atomic E-state index is 12.2. The number of phenols is 2. The molecule has 0 aliphatic carbocycles. The minimum absolute atomic E-state index is 0.0864. The number of Topliss-reactive ketones (excluding diaryl/α,β-unsaturated/α-hetero) is 1. The topological polar surface area (TPSA) is 124 Å². The molecule has 0 saturated carbocycles. The first-order chi connectivity index (χ1) is 10.4. The Morgan fingerprint density at radius 3 is 2.64 bits per heavy atom. The minimum Gasteiger partial charge on any atom is -0.504 e. The van der Waals surface area contributed by atoms with Gasteiger partial charge in [-0.1, -0.05) is 12.1 Å². The number of carbonyl (C=O) groups is 1. The molecule has 0 amide bonds. The molecule has 0 radical (unpaired) electrons. The van der Waals surface area contributed by atoms with Gasteiger partial charge in [0, 0.05) is 18.1 Å². The van der Waals surface area contributed by atoms with Crippen molar-refractivity contribution in [3.8, 4) is 17.6 Å². The van der Waals surface area contributed by atoms with E-state index in [4.69, 9.17) is 5.26 Å². The highest BCUT2D eigenvalue weighted by Gasteiger charge is 2.21. The maximum Gasteiger partial charge on any atom is 0.315 e. The second kappa shape index (κ2) is 5.93. The van der Waals surface area contributed by atoms with E-state index in [1.54, 1.807) is 18.2 Å². The average molecular weight is 298 g/mol. The number of aromatic hydroxyl groups is 2. The fraction of sp³-hybridized carbons (Fsp3) is 0.0667. The van der Waals surface area contributed by atoms with E-state index in [1.807, 2.05) is 6.07 Å². The van der Waals surface area contributed by atoms with E-state index in [1.165, 1.54) is 6.07 Å². The van der Waals surface area contributed by atoms with Gasteiger partial charge in [-0.25, -0.2) is 0 Å². The molecule has 0 aliphatic heterocycles. The molecular weight excluding hydrogens is 288 g/mol. The minimum atomic E-state index is -0.887. The van der Waals surface area contributed by atoms with Crippen LogP contribution >= 0.6 is 0 Å². The zero-order chi connectivity index (χ0) is 16.3. The predicted molar refractivity (Wildman–Crippen MR) is 75.6 cm³/mol. The van der Waals surface area contributed by atoms with Crippen LogP contribution in [-0.4, -0.2) is 20.9 Å². The second-order valence-electron chi connectivity index (χ2n) is 4.53. The Morgan fingerprint density at radius 1 is 1.27 bits per heavy atom. The highest BCUT2D eigenvalue weighted by atomic mass is 16.6. The van der Waals surface area contributed by atoms with Crippen molar-refractivity contribution in [1.29, 1.82) is 5.26 Å². The van der Waals surface area contributed by atoms with Gasteiger partial charge in [-0.3, -0.25) is 14.9 Å². The van der Waals surface area contributed by atoms with Crippen LogP contribution in [0.15, 0.2) is 36.4 Å². The smallest absolute Gasteiger partial charge is 0.315 e. The van der Waals surface area contributed by atoms with E-state index < -0.39 is 27.9 Å². The lowest BCUT2D eigenvalue weighted by molar-refractivity contribution is -0.386. The molecule has 22 heavy (non-hydrogen) atoms. The van der Waals surface area contributed by atoms with Crippen LogP contribution in [0.25, 0.3) is 0 Å². The van der Waals surface area contributed by atoms with Crippen LogP contribution < -0.4 is 0 Å². The Balaban J connectivity index is 2.34. The van der Waals surface area contributed by atoms with Crippen molar-refractivity contribution in [2.45, 2.75) is 6.42 Å². The molecule has 0 fully saturated rings. The Labute approximate surface area is 124 Å². The molecule has 0 saturated heterocycles. The summed E-state index contributed by atoms with van der Waals surface area (Å²) in [4.78, 5) is 22.0. The summed E-state index contributed by atoms with van der Waals surface area (Å²) in [6.45, 7) is 0. The number of nitro groups is 1. The Kier molecular flexibility index (Phi) is 4.04. The summed E-state index contributed by atoms with van der Waals surface area (Å²) in [6.07, 6.45) is -0.0864. The van der Waals surface area contributed by atoms with Crippen LogP contribution in [-0.2, 0) is 6.42 Å². The van der Waals surface area contributed by atoms with Crippen molar-refractivity contribution in [3.63, 3.8) is 0 Å². The monoisotopic (exact) mass is 298 g/mol. The Morgan fingerprint density at radius 2 is 2.00 bits per heavy atom. The first kappa shape index (κ1) is 15.0. The van der Waals surface area contributed by atoms with Crippen LogP contribution in [0.5, 0.6) is 11.5 Å². The molecular formula is C15H10N2O5. The van der Waals surface area contributed by atoms with E-state index in [0.29, 0.717) is 11.1 Å². The quantitative estimate of drug-likeness (QED) is 0.386. The molecule has 0 unspecified atom stereocenters. The van der Waals surface area contributed by atoms with Gasteiger partial charge in [0.2, 0.25) is 5.75 Å². The van der Waals surface area contributed by atoms with Crippen LogP contribution in [0.1, 0.15) is 21.5 Å². The van der Waals surface area contributed by atoms with E-state index in [-0.39, 0.29) is 12.0 Å².